The van der Waals surface area contributed by atoms with E-state index in [-0.39, 0.29) is 5.91 Å². The number of nitrogens with zero attached hydrogens (tertiary/aromatic N) is 1. The third-order valence-electron chi connectivity index (χ3n) is 3.13. The Labute approximate surface area is 124 Å². The lowest BCUT2D eigenvalue weighted by Crippen LogP contribution is -2.22. The number of aryl methyl sites for hydroxylation is 2. The van der Waals surface area contributed by atoms with E-state index in [1.807, 2.05) is 24.3 Å². The van der Waals surface area contributed by atoms with Crippen molar-refractivity contribution in [2.45, 2.75) is 39.7 Å². The number of hydrogen-bond acceptors (Lipinski definition) is 3. The molecule has 0 fully saturated rings. The molecule has 0 spiro atoms. The van der Waals surface area contributed by atoms with Crippen LogP contribution in [0.25, 0.3) is 0 Å². The van der Waals surface area contributed by atoms with Gasteiger partial charge in [-0.1, -0.05) is 26.3 Å². The minimum atomic E-state index is -0.00212. The van der Waals surface area contributed by atoms with Gasteiger partial charge in [0.15, 0.2) is 0 Å². The van der Waals surface area contributed by atoms with E-state index in [0.29, 0.717) is 6.54 Å². The van der Waals surface area contributed by atoms with Crippen molar-refractivity contribution in [1.82, 2.24) is 10.3 Å². The maximum atomic E-state index is 12.2. The minimum absolute atomic E-state index is 0.00212. The van der Waals surface area contributed by atoms with E-state index in [2.05, 4.69) is 24.1 Å². The molecule has 2 aromatic heterocycles. The van der Waals surface area contributed by atoms with Gasteiger partial charge in [-0.3, -0.25) is 9.78 Å². The first-order valence-corrected chi connectivity index (χ1v) is 7.86. The first-order chi connectivity index (χ1) is 9.74. The van der Waals surface area contributed by atoms with Gasteiger partial charge in [0.25, 0.3) is 5.91 Å². The van der Waals surface area contributed by atoms with Crippen LogP contribution < -0.4 is 5.32 Å². The van der Waals surface area contributed by atoms with Gasteiger partial charge in [0.1, 0.15) is 0 Å². The Morgan fingerprint density at radius 1 is 1.35 bits per heavy atom. The van der Waals surface area contributed by atoms with Crippen LogP contribution in [0.1, 0.15) is 46.1 Å². The van der Waals surface area contributed by atoms with E-state index < -0.39 is 0 Å². The van der Waals surface area contributed by atoms with Crippen LogP contribution >= 0.6 is 11.3 Å². The highest BCUT2D eigenvalue weighted by Crippen LogP contribution is 2.24. The molecule has 0 aromatic carbocycles. The number of amides is 1. The SMILES string of the molecule is CCCc1sc(C(=O)NCc2ccccn2)cc1CC. The van der Waals surface area contributed by atoms with Gasteiger partial charge < -0.3 is 5.32 Å². The molecule has 3 nitrogen and oxygen atoms in total. The molecule has 20 heavy (non-hydrogen) atoms. The summed E-state index contributed by atoms with van der Waals surface area (Å²) in [4.78, 5) is 18.5. The van der Waals surface area contributed by atoms with Crippen molar-refractivity contribution >= 4 is 17.2 Å². The van der Waals surface area contributed by atoms with Crippen LogP contribution in [-0.4, -0.2) is 10.9 Å². The van der Waals surface area contributed by atoms with E-state index in [4.69, 9.17) is 0 Å². The van der Waals surface area contributed by atoms with Crippen molar-refractivity contribution in [3.63, 3.8) is 0 Å². The number of pyridine rings is 1. The highest BCUT2D eigenvalue weighted by atomic mass is 32.1. The van der Waals surface area contributed by atoms with E-state index in [1.165, 1.54) is 10.4 Å². The number of aromatic nitrogens is 1. The molecule has 2 heterocycles. The standard InChI is InChI=1S/C16H20N2OS/c1-3-7-14-12(4-2)10-15(20-14)16(19)18-11-13-8-5-6-9-17-13/h5-6,8-10H,3-4,7,11H2,1-2H3,(H,18,19). The molecular formula is C16H20N2OS. The van der Waals surface area contributed by atoms with Crippen LogP contribution in [0.3, 0.4) is 0 Å². The van der Waals surface area contributed by atoms with Crippen molar-refractivity contribution in [3.05, 3.63) is 51.5 Å². The molecular weight excluding hydrogens is 268 g/mol. The molecule has 0 radical (unpaired) electrons. The minimum Gasteiger partial charge on any atom is -0.346 e. The zero-order chi connectivity index (χ0) is 14.4. The number of carbonyl (C=O) groups excluding carboxylic acids is 1. The molecule has 0 saturated carbocycles. The summed E-state index contributed by atoms with van der Waals surface area (Å²) in [5, 5.41) is 2.93. The zero-order valence-corrected chi connectivity index (χ0v) is 12.8. The molecule has 2 rings (SSSR count). The first-order valence-electron chi connectivity index (χ1n) is 7.04. The van der Waals surface area contributed by atoms with E-state index >= 15 is 0 Å². The fourth-order valence-electron chi connectivity index (χ4n) is 2.08. The van der Waals surface area contributed by atoms with Gasteiger partial charge in [-0.2, -0.15) is 0 Å². The number of rotatable bonds is 6. The molecule has 2 aromatic rings. The lowest BCUT2D eigenvalue weighted by atomic mass is 10.1. The number of carbonyl (C=O) groups is 1. The second-order valence-corrected chi connectivity index (χ2v) is 5.80. The summed E-state index contributed by atoms with van der Waals surface area (Å²) in [5.41, 5.74) is 2.18. The van der Waals surface area contributed by atoms with Crippen LogP contribution in [0.4, 0.5) is 0 Å². The normalized spacial score (nSPS) is 10.5. The summed E-state index contributed by atoms with van der Waals surface area (Å²) in [5.74, 6) is -0.00212. The highest BCUT2D eigenvalue weighted by molar-refractivity contribution is 7.14. The summed E-state index contributed by atoms with van der Waals surface area (Å²) in [6.45, 7) is 4.78. The maximum absolute atomic E-state index is 12.2. The first kappa shape index (κ1) is 14.7. The van der Waals surface area contributed by atoms with Gasteiger partial charge in [0.05, 0.1) is 17.1 Å². The molecule has 4 heteroatoms. The fourth-order valence-corrected chi connectivity index (χ4v) is 3.35. The molecule has 0 unspecified atom stereocenters. The molecule has 0 saturated heterocycles. The highest BCUT2D eigenvalue weighted by Gasteiger charge is 2.13. The van der Waals surface area contributed by atoms with Gasteiger partial charge in [-0.25, -0.2) is 0 Å². The van der Waals surface area contributed by atoms with E-state index in [0.717, 1.165) is 29.8 Å². The number of thiophene rings is 1. The predicted octanol–water partition coefficient (Wildman–Crippen LogP) is 3.59. The Morgan fingerprint density at radius 3 is 2.85 bits per heavy atom. The quantitative estimate of drug-likeness (QED) is 0.882. The summed E-state index contributed by atoms with van der Waals surface area (Å²) in [7, 11) is 0. The Kier molecular flexibility index (Phi) is 5.30. The molecule has 0 aliphatic carbocycles. The smallest absolute Gasteiger partial charge is 0.261 e. The summed E-state index contributed by atoms with van der Waals surface area (Å²) in [6, 6.07) is 7.74. The van der Waals surface area contributed by atoms with Gasteiger partial charge in [0, 0.05) is 11.1 Å². The molecule has 1 amide bonds. The van der Waals surface area contributed by atoms with Crippen LogP contribution in [0.2, 0.25) is 0 Å². The Balaban J connectivity index is 2.02. The molecule has 106 valence electrons. The Hall–Kier alpha value is -1.68. The Morgan fingerprint density at radius 2 is 2.20 bits per heavy atom. The summed E-state index contributed by atoms with van der Waals surface area (Å²) < 4.78 is 0. The number of hydrogen-bond donors (Lipinski definition) is 1. The van der Waals surface area contributed by atoms with Crippen LogP contribution in [-0.2, 0) is 19.4 Å². The van der Waals surface area contributed by atoms with Crippen LogP contribution in [0.5, 0.6) is 0 Å². The van der Waals surface area contributed by atoms with Crippen molar-refractivity contribution in [3.8, 4) is 0 Å². The van der Waals surface area contributed by atoms with Crippen molar-refractivity contribution in [2.24, 2.45) is 0 Å². The topological polar surface area (TPSA) is 42.0 Å². The average Bonchev–Trinajstić information content (AvgIpc) is 2.89. The monoisotopic (exact) mass is 288 g/mol. The molecule has 0 aliphatic heterocycles. The zero-order valence-electron chi connectivity index (χ0n) is 12.0. The van der Waals surface area contributed by atoms with Gasteiger partial charge >= 0.3 is 0 Å². The second-order valence-electron chi connectivity index (χ2n) is 4.67. The number of nitrogens with one attached hydrogen (secondary N) is 1. The van der Waals surface area contributed by atoms with Crippen LogP contribution in [0, 0.1) is 0 Å². The van der Waals surface area contributed by atoms with Crippen molar-refractivity contribution in [1.29, 1.82) is 0 Å². The lowest BCUT2D eigenvalue weighted by Gasteiger charge is -2.02. The molecule has 0 aliphatic rings. The Bertz CT molecular complexity index is 563. The van der Waals surface area contributed by atoms with Crippen molar-refractivity contribution in [2.75, 3.05) is 0 Å². The van der Waals surface area contributed by atoms with E-state index in [9.17, 15) is 4.79 Å². The van der Waals surface area contributed by atoms with Crippen LogP contribution in [0.15, 0.2) is 30.5 Å². The third-order valence-corrected chi connectivity index (χ3v) is 4.37. The summed E-state index contributed by atoms with van der Waals surface area (Å²) in [6.07, 6.45) is 4.89. The molecule has 0 atom stereocenters. The average molecular weight is 288 g/mol. The predicted molar refractivity (Wildman–Crippen MR) is 83.1 cm³/mol. The molecule has 0 bridgehead atoms. The fraction of sp³-hybridized carbons (Fsp3) is 0.375. The summed E-state index contributed by atoms with van der Waals surface area (Å²) >= 11 is 1.62. The lowest BCUT2D eigenvalue weighted by molar-refractivity contribution is 0.0954. The second kappa shape index (κ2) is 7.20. The third kappa shape index (κ3) is 3.67. The van der Waals surface area contributed by atoms with E-state index in [1.54, 1.807) is 17.5 Å². The largest absolute Gasteiger partial charge is 0.346 e. The van der Waals surface area contributed by atoms with Crippen molar-refractivity contribution < 1.29 is 4.79 Å². The molecule has 1 N–H and O–H groups in total. The maximum Gasteiger partial charge on any atom is 0.261 e. The van der Waals surface area contributed by atoms with Gasteiger partial charge in [-0.05, 0) is 36.6 Å². The van der Waals surface area contributed by atoms with Gasteiger partial charge in [0.2, 0.25) is 0 Å². The van der Waals surface area contributed by atoms with Gasteiger partial charge in [-0.15, -0.1) is 11.3 Å².